The van der Waals surface area contributed by atoms with Crippen molar-refractivity contribution in [3.63, 3.8) is 0 Å². The number of halogens is 1. The molecule has 2 heterocycles. The minimum Gasteiger partial charge on any atom is -0.370 e. The Morgan fingerprint density at radius 2 is 1.85 bits per heavy atom. The van der Waals surface area contributed by atoms with Crippen molar-refractivity contribution in [1.82, 2.24) is 4.98 Å². The zero-order valence-corrected chi connectivity index (χ0v) is 14.8. The molecule has 0 radical (unpaired) electrons. The average molecular weight is 368 g/mol. The van der Waals surface area contributed by atoms with E-state index in [1.54, 1.807) is 12.1 Å². The molecule has 132 valence electrons. The van der Waals surface area contributed by atoms with Crippen LogP contribution in [0.3, 0.4) is 0 Å². The molecule has 1 aliphatic rings. The highest BCUT2D eigenvalue weighted by molar-refractivity contribution is 6.31. The minimum atomic E-state index is -0.324. The fourth-order valence-electron chi connectivity index (χ4n) is 3.42. The lowest BCUT2D eigenvalue weighted by Gasteiger charge is -2.22. The van der Waals surface area contributed by atoms with Crippen LogP contribution in [0.5, 0.6) is 0 Å². The minimum absolute atomic E-state index is 0.306. The molecular weight excluding hydrogens is 350 g/mol. The number of amides is 1. The maximum absolute atomic E-state index is 12.9. The Labute approximate surface area is 155 Å². The second-order valence-corrected chi connectivity index (χ2v) is 6.84. The number of carbonyl (C=O) groups excluding carboxylic acids is 1. The lowest BCUT2D eigenvalue weighted by atomic mass is 10.1. The Hall–Kier alpha value is -2.79. The molecule has 0 aliphatic carbocycles. The van der Waals surface area contributed by atoms with Crippen LogP contribution in [-0.4, -0.2) is 24.0 Å². The molecule has 1 aromatic heterocycles. The first-order valence-electron chi connectivity index (χ1n) is 8.60. The number of hydrogen-bond acceptors (Lipinski definition) is 3. The standard InChI is InChI=1S/C20H18ClN3O2/c21-13-7-8-18(24-9-3-4-10-24)17(11-13)23-20(26)15-12-19(25)22-16-6-2-1-5-14(15)16/h1-2,5-8,11-12H,3-4,9-10H2,(H,22,25)(H,23,26). The largest absolute Gasteiger partial charge is 0.370 e. The van der Waals surface area contributed by atoms with Crippen molar-refractivity contribution in [2.75, 3.05) is 23.3 Å². The van der Waals surface area contributed by atoms with Crippen LogP contribution in [0.1, 0.15) is 23.2 Å². The fraction of sp³-hybridized carbons (Fsp3) is 0.200. The van der Waals surface area contributed by atoms with Gasteiger partial charge >= 0.3 is 0 Å². The normalized spacial score (nSPS) is 14.0. The van der Waals surface area contributed by atoms with Crippen LogP contribution in [0.25, 0.3) is 10.9 Å². The van der Waals surface area contributed by atoms with E-state index in [9.17, 15) is 9.59 Å². The third kappa shape index (κ3) is 3.18. The zero-order chi connectivity index (χ0) is 18.1. The van der Waals surface area contributed by atoms with Gasteiger partial charge in [-0.15, -0.1) is 0 Å². The van der Waals surface area contributed by atoms with E-state index in [4.69, 9.17) is 11.6 Å². The number of nitrogens with one attached hydrogen (secondary N) is 2. The summed E-state index contributed by atoms with van der Waals surface area (Å²) < 4.78 is 0. The number of aromatic nitrogens is 1. The van der Waals surface area contributed by atoms with Crippen LogP contribution in [0.15, 0.2) is 53.3 Å². The summed E-state index contributed by atoms with van der Waals surface area (Å²) in [6.45, 7) is 1.91. The maximum Gasteiger partial charge on any atom is 0.256 e. The molecular formula is C20H18ClN3O2. The van der Waals surface area contributed by atoms with Crippen molar-refractivity contribution >= 4 is 39.8 Å². The molecule has 2 N–H and O–H groups in total. The van der Waals surface area contributed by atoms with Gasteiger partial charge in [0.25, 0.3) is 5.91 Å². The molecule has 1 saturated heterocycles. The summed E-state index contributed by atoms with van der Waals surface area (Å²) in [6.07, 6.45) is 2.27. The van der Waals surface area contributed by atoms with Gasteiger partial charge < -0.3 is 15.2 Å². The van der Waals surface area contributed by atoms with Gasteiger partial charge in [0, 0.05) is 35.1 Å². The zero-order valence-electron chi connectivity index (χ0n) is 14.1. The summed E-state index contributed by atoms with van der Waals surface area (Å²) in [5.41, 5.74) is 2.29. The first-order valence-corrected chi connectivity index (χ1v) is 8.97. The SMILES string of the molecule is O=C(Nc1cc(Cl)ccc1N1CCCC1)c1cc(=O)[nH]c2ccccc12. The van der Waals surface area contributed by atoms with Crippen LogP contribution in [0, 0.1) is 0 Å². The van der Waals surface area contributed by atoms with Crippen LogP contribution in [0.2, 0.25) is 5.02 Å². The van der Waals surface area contributed by atoms with Crippen molar-refractivity contribution in [1.29, 1.82) is 0 Å². The third-order valence-corrected chi connectivity index (χ3v) is 4.88. The van der Waals surface area contributed by atoms with Gasteiger partial charge in [0.1, 0.15) is 0 Å². The summed E-state index contributed by atoms with van der Waals surface area (Å²) in [7, 11) is 0. The van der Waals surface area contributed by atoms with E-state index < -0.39 is 0 Å². The van der Waals surface area contributed by atoms with E-state index >= 15 is 0 Å². The molecule has 0 spiro atoms. The molecule has 3 aromatic rings. The summed E-state index contributed by atoms with van der Waals surface area (Å²) in [4.78, 5) is 29.8. The van der Waals surface area contributed by atoms with Gasteiger partial charge in [0.15, 0.2) is 0 Å². The van der Waals surface area contributed by atoms with Crippen molar-refractivity contribution in [2.24, 2.45) is 0 Å². The van der Waals surface area contributed by atoms with Gasteiger partial charge in [0.05, 0.1) is 16.9 Å². The smallest absolute Gasteiger partial charge is 0.256 e. The second-order valence-electron chi connectivity index (χ2n) is 6.40. The summed E-state index contributed by atoms with van der Waals surface area (Å²) >= 11 is 6.15. The van der Waals surface area contributed by atoms with Gasteiger partial charge in [-0.25, -0.2) is 0 Å². The molecule has 5 nitrogen and oxygen atoms in total. The van der Waals surface area contributed by atoms with Gasteiger partial charge in [-0.3, -0.25) is 9.59 Å². The Morgan fingerprint density at radius 3 is 2.65 bits per heavy atom. The summed E-state index contributed by atoms with van der Waals surface area (Å²) in [5, 5.41) is 4.20. The Kier molecular flexibility index (Phi) is 4.39. The van der Waals surface area contributed by atoms with Gasteiger partial charge in [0.2, 0.25) is 5.56 Å². The van der Waals surface area contributed by atoms with Crippen LogP contribution in [0.4, 0.5) is 11.4 Å². The molecule has 4 rings (SSSR count). The van der Waals surface area contributed by atoms with Crippen molar-refractivity contribution in [2.45, 2.75) is 12.8 Å². The predicted octanol–water partition coefficient (Wildman–Crippen LogP) is 4.03. The first-order chi connectivity index (χ1) is 12.6. The highest BCUT2D eigenvalue weighted by Gasteiger charge is 2.19. The number of hydrogen-bond donors (Lipinski definition) is 2. The van der Waals surface area contributed by atoms with E-state index in [1.165, 1.54) is 6.07 Å². The second kappa shape index (κ2) is 6.84. The highest BCUT2D eigenvalue weighted by atomic mass is 35.5. The summed E-state index contributed by atoms with van der Waals surface area (Å²) in [5.74, 6) is -0.324. The number of aromatic amines is 1. The van der Waals surface area contributed by atoms with Crippen LogP contribution >= 0.6 is 11.6 Å². The van der Waals surface area contributed by atoms with Gasteiger partial charge in [-0.1, -0.05) is 29.8 Å². The number of carbonyl (C=O) groups is 1. The van der Waals surface area contributed by atoms with E-state index in [1.807, 2.05) is 30.3 Å². The summed E-state index contributed by atoms with van der Waals surface area (Å²) in [6, 6.07) is 14.1. The van der Waals surface area contributed by atoms with E-state index in [0.29, 0.717) is 27.2 Å². The molecule has 26 heavy (non-hydrogen) atoms. The Bertz CT molecular complexity index is 1040. The first kappa shape index (κ1) is 16.7. The highest BCUT2D eigenvalue weighted by Crippen LogP contribution is 2.32. The van der Waals surface area contributed by atoms with Crippen molar-refractivity contribution in [3.8, 4) is 0 Å². The van der Waals surface area contributed by atoms with Crippen molar-refractivity contribution in [3.05, 3.63) is 69.5 Å². The molecule has 0 bridgehead atoms. The number of anilines is 2. The Morgan fingerprint density at radius 1 is 1.08 bits per heavy atom. The molecule has 6 heteroatoms. The molecule has 1 aliphatic heterocycles. The maximum atomic E-state index is 12.9. The number of H-pyrrole nitrogens is 1. The molecule has 0 saturated carbocycles. The van der Waals surface area contributed by atoms with E-state index in [2.05, 4.69) is 15.2 Å². The lowest BCUT2D eigenvalue weighted by molar-refractivity contribution is 0.102. The van der Waals surface area contributed by atoms with E-state index in [0.717, 1.165) is 31.6 Å². The number of nitrogens with zero attached hydrogens (tertiary/aromatic N) is 1. The van der Waals surface area contributed by atoms with Crippen molar-refractivity contribution < 1.29 is 4.79 Å². The molecule has 2 aromatic carbocycles. The number of pyridine rings is 1. The molecule has 0 atom stereocenters. The molecule has 1 amide bonds. The fourth-order valence-corrected chi connectivity index (χ4v) is 3.60. The quantitative estimate of drug-likeness (QED) is 0.734. The molecule has 1 fully saturated rings. The topological polar surface area (TPSA) is 65.2 Å². The predicted molar refractivity (Wildman–Crippen MR) is 105 cm³/mol. The van der Waals surface area contributed by atoms with Crippen LogP contribution in [-0.2, 0) is 0 Å². The monoisotopic (exact) mass is 367 g/mol. The van der Waals surface area contributed by atoms with Crippen LogP contribution < -0.4 is 15.8 Å². The molecule has 0 unspecified atom stereocenters. The number of para-hydroxylation sites is 1. The van der Waals surface area contributed by atoms with Gasteiger partial charge in [-0.05, 0) is 37.1 Å². The third-order valence-electron chi connectivity index (χ3n) is 4.65. The van der Waals surface area contributed by atoms with Gasteiger partial charge in [-0.2, -0.15) is 0 Å². The average Bonchev–Trinajstić information content (AvgIpc) is 3.15. The Balaban J connectivity index is 1.73. The number of benzene rings is 2. The number of rotatable bonds is 3. The number of fused-ring (bicyclic) bond motifs is 1. The lowest BCUT2D eigenvalue weighted by Crippen LogP contribution is -2.22. The van der Waals surface area contributed by atoms with E-state index in [-0.39, 0.29) is 11.5 Å².